The van der Waals surface area contributed by atoms with Crippen molar-refractivity contribution < 1.29 is 13.2 Å². The highest BCUT2D eigenvalue weighted by atomic mass is 19.4. The normalized spacial score (nSPS) is 15.3. The predicted molar refractivity (Wildman–Crippen MR) is 125 cm³/mol. The molecule has 0 spiro atoms. The Kier molecular flexibility index (Phi) is 5.02. The quantitative estimate of drug-likeness (QED) is 0.409. The summed E-state index contributed by atoms with van der Waals surface area (Å²) in [5, 5.41) is 0. The van der Waals surface area contributed by atoms with E-state index in [1.807, 2.05) is 12.1 Å². The number of hydrogen-bond donors (Lipinski definition) is 1. The van der Waals surface area contributed by atoms with Crippen molar-refractivity contribution in [2.45, 2.75) is 25.1 Å². The Labute approximate surface area is 201 Å². The third kappa shape index (κ3) is 3.58. The number of aromatic amines is 1. The van der Waals surface area contributed by atoms with Gasteiger partial charge >= 0.3 is 11.9 Å². The number of fused-ring (bicyclic) bond motifs is 2. The monoisotopic (exact) mass is 495 g/mol. The van der Waals surface area contributed by atoms with Crippen LogP contribution < -0.4 is 10.6 Å². The van der Waals surface area contributed by atoms with Crippen LogP contribution in [0.4, 0.5) is 19.0 Å². The van der Waals surface area contributed by atoms with Gasteiger partial charge in [-0.05, 0) is 37.1 Å². The SMILES string of the molecule is Cn1c(-c2ccc(C(F)(F)F)nc2)nc2c(N3CCC(n4c(=O)[nH]c5ncccc54)CC3)ncnc21. The third-order valence-electron chi connectivity index (χ3n) is 6.57. The molecule has 6 heterocycles. The lowest BCUT2D eigenvalue weighted by Gasteiger charge is -2.33. The number of aromatic nitrogens is 8. The minimum atomic E-state index is -4.51. The number of anilines is 1. The molecular formula is C23H20F3N9O. The van der Waals surface area contributed by atoms with E-state index >= 15 is 0 Å². The molecule has 13 heteroatoms. The number of imidazole rings is 2. The third-order valence-corrected chi connectivity index (χ3v) is 6.57. The topological polar surface area (TPSA) is 110 Å². The lowest BCUT2D eigenvalue weighted by Crippen LogP contribution is -2.37. The first kappa shape index (κ1) is 22.2. The minimum absolute atomic E-state index is 0.0153. The van der Waals surface area contributed by atoms with E-state index in [0.717, 1.165) is 30.6 Å². The molecule has 0 bridgehead atoms. The average molecular weight is 495 g/mol. The molecular weight excluding hydrogens is 475 g/mol. The summed E-state index contributed by atoms with van der Waals surface area (Å²) in [6.45, 7) is 1.29. The van der Waals surface area contributed by atoms with Gasteiger partial charge in [-0.15, -0.1) is 0 Å². The zero-order chi connectivity index (χ0) is 25.0. The van der Waals surface area contributed by atoms with Crippen LogP contribution >= 0.6 is 0 Å². The maximum absolute atomic E-state index is 12.9. The van der Waals surface area contributed by atoms with Crippen molar-refractivity contribution in [3.05, 3.63) is 59.2 Å². The molecule has 1 fully saturated rings. The van der Waals surface area contributed by atoms with E-state index in [4.69, 9.17) is 0 Å². The van der Waals surface area contributed by atoms with Crippen LogP contribution in [0, 0.1) is 0 Å². The second-order valence-corrected chi connectivity index (χ2v) is 8.68. The molecule has 1 saturated heterocycles. The lowest BCUT2D eigenvalue weighted by atomic mass is 10.0. The van der Waals surface area contributed by atoms with Crippen LogP contribution in [0.3, 0.4) is 0 Å². The van der Waals surface area contributed by atoms with Crippen LogP contribution in [0.5, 0.6) is 0 Å². The summed E-state index contributed by atoms with van der Waals surface area (Å²) in [5.41, 5.74) is 1.79. The number of alkyl halides is 3. The van der Waals surface area contributed by atoms with Gasteiger partial charge in [0.1, 0.15) is 17.8 Å². The Hall–Kier alpha value is -4.29. The number of rotatable bonds is 3. The molecule has 0 atom stereocenters. The van der Waals surface area contributed by atoms with Gasteiger partial charge in [0.2, 0.25) is 0 Å². The zero-order valence-corrected chi connectivity index (χ0v) is 19.1. The van der Waals surface area contributed by atoms with Crippen molar-refractivity contribution in [2.75, 3.05) is 18.0 Å². The first-order valence-corrected chi connectivity index (χ1v) is 11.3. The van der Waals surface area contributed by atoms with E-state index in [2.05, 4.69) is 34.8 Å². The number of aryl methyl sites for hydroxylation is 1. The Balaban J connectivity index is 1.29. The Bertz CT molecular complexity index is 1630. The van der Waals surface area contributed by atoms with Gasteiger partial charge in [0.05, 0.1) is 5.52 Å². The summed E-state index contributed by atoms with van der Waals surface area (Å²) in [5.74, 6) is 1.09. The molecule has 184 valence electrons. The fourth-order valence-corrected chi connectivity index (χ4v) is 4.83. The van der Waals surface area contributed by atoms with E-state index in [1.54, 1.807) is 22.4 Å². The summed E-state index contributed by atoms with van der Waals surface area (Å²) < 4.78 is 42.2. The first-order chi connectivity index (χ1) is 17.3. The number of nitrogens with zero attached hydrogens (tertiary/aromatic N) is 8. The largest absolute Gasteiger partial charge is 0.433 e. The second-order valence-electron chi connectivity index (χ2n) is 8.68. The summed E-state index contributed by atoms with van der Waals surface area (Å²) in [6.07, 6.45) is 1.19. The molecule has 5 aromatic heterocycles. The van der Waals surface area contributed by atoms with E-state index in [9.17, 15) is 18.0 Å². The number of nitrogens with one attached hydrogen (secondary N) is 1. The van der Waals surface area contributed by atoms with E-state index in [0.29, 0.717) is 47.1 Å². The van der Waals surface area contributed by atoms with Crippen molar-refractivity contribution in [1.82, 2.24) is 39.0 Å². The van der Waals surface area contributed by atoms with Crippen molar-refractivity contribution in [3.8, 4) is 11.4 Å². The molecule has 0 aromatic carbocycles. The maximum Gasteiger partial charge on any atom is 0.433 e. The van der Waals surface area contributed by atoms with Crippen LogP contribution in [-0.2, 0) is 13.2 Å². The molecule has 0 unspecified atom stereocenters. The summed E-state index contributed by atoms with van der Waals surface area (Å²) in [7, 11) is 1.75. The van der Waals surface area contributed by atoms with Crippen LogP contribution in [0.15, 0.2) is 47.8 Å². The first-order valence-electron chi connectivity index (χ1n) is 11.3. The highest BCUT2D eigenvalue weighted by Crippen LogP contribution is 2.33. The highest BCUT2D eigenvalue weighted by molar-refractivity contribution is 5.86. The molecule has 0 amide bonds. The van der Waals surface area contributed by atoms with Gasteiger partial charge in [0, 0.05) is 44.1 Å². The molecule has 0 aliphatic carbocycles. The fourth-order valence-electron chi connectivity index (χ4n) is 4.83. The second kappa shape index (κ2) is 8.14. The number of halogens is 3. The minimum Gasteiger partial charge on any atom is -0.355 e. The van der Waals surface area contributed by atoms with Gasteiger partial charge in [-0.1, -0.05) is 0 Å². The molecule has 1 N–H and O–H groups in total. The Morgan fingerprint density at radius 3 is 2.58 bits per heavy atom. The Morgan fingerprint density at radius 2 is 1.86 bits per heavy atom. The highest BCUT2D eigenvalue weighted by Gasteiger charge is 2.32. The van der Waals surface area contributed by atoms with Crippen molar-refractivity contribution in [1.29, 1.82) is 0 Å². The van der Waals surface area contributed by atoms with Gasteiger partial charge in [0.15, 0.2) is 22.6 Å². The zero-order valence-electron chi connectivity index (χ0n) is 19.1. The predicted octanol–water partition coefficient (Wildman–Crippen LogP) is 3.32. The van der Waals surface area contributed by atoms with Gasteiger partial charge in [-0.25, -0.2) is 24.7 Å². The number of hydrogen-bond acceptors (Lipinski definition) is 7. The van der Waals surface area contributed by atoms with Crippen LogP contribution in [0.1, 0.15) is 24.6 Å². The maximum atomic E-state index is 12.9. The summed E-state index contributed by atoms with van der Waals surface area (Å²) in [4.78, 5) is 38.8. The molecule has 1 aliphatic heterocycles. The number of piperidine rings is 1. The van der Waals surface area contributed by atoms with Gasteiger partial charge < -0.3 is 9.47 Å². The van der Waals surface area contributed by atoms with E-state index in [1.165, 1.54) is 12.4 Å². The molecule has 0 radical (unpaired) electrons. The van der Waals surface area contributed by atoms with Crippen LogP contribution in [-0.4, -0.2) is 52.1 Å². The standard InChI is InChI=1S/C23H20F3N9O/c1-33-19(13-4-5-16(28-11-13)23(24,25)26)31-17-20(33)29-12-30-21(17)34-9-6-14(7-10-34)35-15-3-2-8-27-18(15)32-22(35)36/h2-5,8,11-12,14H,6-7,9-10H2,1H3,(H,27,32,36). The molecule has 5 aromatic rings. The van der Waals surface area contributed by atoms with Gasteiger partial charge in [-0.2, -0.15) is 13.2 Å². The van der Waals surface area contributed by atoms with E-state index < -0.39 is 11.9 Å². The smallest absolute Gasteiger partial charge is 0.355 e. The van der Waals surface area contributed by atoms with Gasteiger partial charge in [0.25, 0.3) is 0 Å². The molecule has 10 nitrogen and oxygen atoms in total. The van der Waals surface area contributed by atoms with Crippen molar-refractivity contribution in [2.24, 2.45) is 7.05 Å². The number of pyridine rings is 2. The Morgan fingerprint density at radius 1 is 1.06 bits per heavy atom. The molecule has 0 saturated carbocycles. The van der Waals surface area contributed by atoms with Crippen LogP contribution in [0.2, 0.25) is 0 Å². The van der Waals surface area contributed by atoms with Crippen molar-refractivity contribution >= 4 is 28.1 Å². The fraction of sp³-hybridized carbons (Fsp3) is 0.304. The summed E-state index contributed by atoms with van der Waals surface area (Å²) >= 11 is 0. The van der Waals surface area contributed by atoms with Crippen LogP contribution in [0.25, 0.3) is 33.7 Å². The van der Waals surface area contributed by atoms with Crippen molar-refractivity contribution in [3.63, 3.8) is 0 Å². The molecule has 1 aliphatic rings. The lowest BCUT2D eigenvalue weighted by molar-refractivity contribution is -0.141. The number of H-pyrrole nitrogens is 1. The van der Waals surface area contributed by atoms with Gasteiger partial charge in [-0.3, -0.25) is 14.5 Å². The molecule has 6 rings (SSSR count). The molecule has 36 heavy (non-hydrogen) atoms. The van der Waals surface area contributed by atoms with E-state index in [-0.39, 0.29) is 11.7 Å². The summed E-state index contributed by atoms with van der Waals surface area (Å²) in [6, 6.07) is 5.99. The average Bonchev–Trinajstić information content (AvgIpc) is 3.40.